The summed E-state index contributed by atoms with van der Waals surface area (Å²) in [5.74, 6) is 3.30. The van der Waals surface area contributed by atoms with E-state index in [-0.39, 0.29) is 6.42 Å². The van der Waals surface area contributed by atoms with Crippen LogP contribution in [0.5, 0.6) is 5.75 Å². The Labute approximate surface area is 113 Å². The van der Waals surface area contributed by atoms with E-state index in [0.29, 0.717) is 0 Å². The Kier molecular flexibility index (Phi) is 3.89. The lowest BCUT2D eigenvalue weighted by atomic mass is 9.84. The molecule has 0 heterocycles. The number of rotatable bonds is 4. The molecule has 19 heavy (non-hydrogen) atoms. The summed E-state index contributed by atoms with van der Waals surface area (Å²) in [4.78, 5) is 0. The van der Waals surface area contributed by atoms with Crippen LogP contribution in [0.3, 0.4) is 0 Å². The monoisotopic (exact) mass is 252 g/mol. The Hall–Kier alpha value is -2.24. The maximum atomic E-state index is 10.9. The second-order valence-electron chi connectivity index (χ2n) is 4.34. The number of terminal acetylenes is 1. The van der Waals surface area contributed by atoms with Gasteiger partial charge in [-0.2, -0.15) is 0 Å². The van der Waals surface area contributed by atoms with Gasteiger partial charge in [0.05, 0.1) is 7.11 Å². The first-order valence-corrected chi connectivity index (χ1v) is 6.06. The van der Waals surface area contributed by atoms with Crippen molar-refractivity contribution in [2.45, 2.75) is 12.0 Å². The average molecular weight is 252 g/mol. The molecular formula is C17H16O2. The fourth-order valence-electron chi connectivity index (χ4n) is 2.10. The van der Waals surface area contributed by atoms with Crippen molar-refractivity contribution in [1.82, 2.24) is 0 Å². The molecule has 0 aliphatic rings. The second-order valence-corrected chi connectivity index (χ2v) is 4.34. The molecule has 2 nitrogen and oxygen atoms in total. The summed E-state index contributed by atoms with van der Waals surface area (Å²) in [5.41, 5.74) is 0.387. The molecule has 0 saturated carbocycles. The summed E-state index contributed by atoms with van der Waals surface area (Å²) < 4.78 is 5.13. The molecule has 0 radical (unpaired) electrons. The predicted octanol–water partition coefficient (Wildman–Crippen LogP) is 2.95. The predicted molar refractivity (Wildman–Crippen MR) is 75.9 cm³/mol. The van der Waals surface area contributed by atoms with E-state index in [0.717, 1.165) is 16.9 Å². The fraction of sp³-hybridized carbons (Fsp3) is 0.176. The highest BCUT2D eigenvalue weighted by molar-refractivity contribution is 5.39. The maximum Gasteiger partial charge on any atom is 0.125 e. The van der Waals surface area contributed by atoms with E-state index in [4.69, 9.17) is 11.2 Å². The Balaban J connectivity index is 2.47. The zero-order valence-electron chi connectivity index (χ0n) is 10.8. The SMILES string of the molecule is C#CCC(O)(c1ccccc1)c1ccc(OC)cc1. The molecule has 2 rings (SSSR count). The molecular weight excluding hydrogens is 236 g/mol. The van der Waals surface area contributed by atoms with Gasteiger partial charge in [0, 0.05) is 6.42 Å². The minimum Gasteiger partial charge on any atom is -0.497 e. The smallest absolute Gasteiger partial charge is 0.125 e. The van der Waals surface area contributed by atoms with Crippen molar-refractivity contribution >= 4 is 0 Å². The van der Waals surface area contributed by atoms with Crippen LogP contribution < -0.4 is 4.74 Å². The number of benzene rings is 2. The van der Waals surface area contributed by atoms with Crippen molar-refractivity contribution in [3.63, 3.8) is 0 Å². The van der Waals surface area contributed by atoms with E-state index in [1.165, 1.54) is 0 Å². The molecule has 1 unspecified atom stereocenters. The number of hydrogen-bond donors (Lipinski definition) is 1. The lowest BCUT2D eigenvalue weighted by Gasteiger charge is -2.27. The lowest BCUT2D eigenvalue weighted by Crippen LogP contribution is -2.26. The molecule has 0 bridgehead atoms. The molecule has 0 fully saturated rings. The maximum absolute atomic E-state index is 10.9. The molecule has 1 atom stereocenters. The summed E-state index contributed by atoms with van der Waals surface area (Å²) in [6.07, 6.45) is 5.64. The quantitative estimate of drug-likeness (QED) is 0.848. The van der Waals surface area contributed by atoms with E-state index < -0.39 is 5.60 Å². The van der Waals surface area contributed by atoms with E-state index in [9.17, 15) is 5.11 Å². The van der Waals surface area contributed by atoms with Gasteiger partial charge in [0.2, 0.25) is 0 Å². The third-order valence-corrected chi connectivity index (χ3v) is 3.18. The van der Waals surface area contributed by atoms with Crippen molar-refractivity contribution in [3.8, 4) is 18.1 Å². The number of methoxy groups -OCH3 is 1. The van der Waals surface area contributed by atoms with E-state index in [1.54, 1.807) is 7.11 Å². The molecule has 0 spiro atoms. The van der Waals surface area contributed by atoms with Gasteiger partial charge in [0.25, 0.3) is 0 Å². The molecule has 0 amide bonds. The normalized spacial score (nSPS) is 13.3. The molecule has 0 aliphatic carbocycles. The van der Waals surface area contributed by atoms with Crippen LogP contribution in [0.4, 0.5) is 0 Å². The first kappa shape index (κ1) is 13.2. The summed E-state index contributed by atoms with van der Waals surface area (Å²) in [6.45, 7) is 0. The van der Waals surface area contributed by atoms with Gasteiger partial charge < -0.3 is 9.84 Å². The van der Waals surface area contributed by atoms with Crippen molar-refractivity contribution in [1.29, 1.82) is 0 Å². The Bertz CT molecular complexity index is 566. The summed E-state index contributed by atoms with van der Waals surface area (Å²) >= 11 is 0. The number of hydrogen-bond acceptors (Lipinski definition) is 2. The second kappa shape index (κ2) is 5.60. The first-order valence-electron chi connectivity index (χ1n) is 6.06. The summed E-state index contributed by atoms with van der Waals surface area (Å²) in [5, 5.41) is 10.9. The topological polar surface area (TPSA) is 29.5 Å². The minimum atomic E-state index is -1.16. The number of aliphatic hydroxyl groups is 1. The molecule has 0 aromatic heterocycles. The average Bonchev–Trinajstić information content (AvgIpc) is 2.48. The van der Waals surface area contributed by atoms with Gasteiger partial charge in [-0.1, -0.05) is 42.5 Å². The van der Waals surface area contributed by atoms with Crippen LogP contribution in [0.2, 0.25) is 0 Å². The van der Waals surface area contributed by atoms with Crippen LogP contribution in [0.25, 0.3) is 0 Å². The molecule has 2 aromatic rings. The number of ether oxygens (including phenoxy) is 1. The standard InChI is InChI=1S/C17H16O2/c1-3-13-17(18,14-7-5-4-6-8-14)15-9-11-16(19-2)12-10-15/h1,4-12,18H,13H2,2H3. The highest BCUT2D eigenvalue weighted by Crippen LogP contribution is 2.33. The largest absolute Gasteiger partial charge is 0.497 e. The fourth-order valence-corrected chi connectivity index (χ4v) is 2.10. The molecule has 96 valence electrons. The van der Waals surface area contributed by atoms with Gasteiger partial charge in [-0.25, -0.2) is 0 Å². The third kappa shape index (κ3) is 2.62. The van der Waals surface area contributed by atoms with Crippen molar-refractivity contribution < 1.29 is 9.84 Å². The highest BCUT2D eigenvalue weighted by atomic mass is 16.5. The summed E-state index contributed by atoms with van der Waals surface area (Å²) in [7, 11) is 1.61. The Morgan fingerprint density at radius 1 is 1.05 bits per heavy atom. The first-order chi connectivity index (χ1) is 9.20. The van der Waals surface area contributed by atoms with Crippen LogP contribution in [-0.4, -0.2) is 12.2 Å². The van der Waals surface area contributed by atoms with Crippen LogP contribution in [0.15, 0.2) is 54.6 Å². The van der Waals surface area contributed by atoms with Crippen molar-refractivity contribution in [3.05, 3.63) is 65.7 Å². The Morgan fingerprint density at radius 3 is 2.16 bits per heavy atom. The van der Waals surface area contributed by atoms with Gasteiger partial charge in [-0.05, 0) is 23.3 Å². The van der Waals surface area contributed by atoms with Crippen molar-refractivity contribution in [2.75, 3.05) is 7.11 Å². The minimum absolute atomic E-state index is 0.226. The van der Waals surface area contributed by atoms with E-state index in [1.807, 2.05) is 54.6 Å². The van der Waals surface area contributed by atoms with Crippen LogP contribution in [-0.2, 0) is 5.60 Å². The van der Waals surface area contributed by atoms with Crippen LogP contribution in [0.1, 0.15) is 17.5 Å². The Morgan fingerprint density at radius 2 is 1.63 bits per heavy atom. The van der Waals surface area contributed by atoms with Gasteiger partial charge in [-0.3, -0.25) is 0 Å². The van der Waals surface area contributed by atoms with E-state index in [2.05, 4.69) is 5.92 Å². The zero-order chi connectivity index (χ0) is 13.7. The molecule has 0 saturated heterocycles. The lowest BCUT2D eigenvalue weighted by molar-refractivity contribution is 0.0865. The van der Waals surface area contributed by atoms with E-state index >= 15 is 0 Å². The third-order valence-electron chi connectivity index (χ3n) is 3.18. The zero-order valence-corrected chi connectivity index (χ0v) is 10.8. The van der Waals surface area contributed by atoms with Gasteiger partial charge in [0.1, 0.15) is 11.4 Å². The van der Waals surface area contributed by atoms with Crippen molar-refractivity contribution in [2.24, 2.45) is 0 Å². The van der Waals surface area contributed by atoms with Crippen LogP contribution in [0, 0.1) is 12.3 Å². The van der Waals surface area contributed by atoms with Crippen LogP contribution >= 0.6 is 0 Å². The molecule has 1 N–H and O–H groups in total. The summed E-state index contributed by atoms with van der Waals surface area (Å²) in [6, 6.07) is 16.8. The molecule has 2 aromatic carbocycles. The van der Waals surface area contributed by atoms with Gasteiger partial charge >= 0.3 is 0 Å². The molecule has 0 aliphatic heterocycles. The molecule has 2 heteroatoms. The van der Waals surface area contributed by atoms with Gasteiger partial charge in [0.15, 0.2) is 0 Å². The highest BCUT2D eigenvalue weighted by Gasteiger charge is 2.30. The van der Waals surface area contributed by atoms with Gasteiger partial charge in [-0.15, -0.1) is 12.3 Å².